The third kappa shape index (κ3) is 1.64. The Hall–Kier alpha value is -0.890. The van der Waals surface area contributed by atoms with Crippen molar-refractivity contribution in [1.82, 2.24) is 0 Å². The average molecular weight is 185 g/mol. The van der Waals surface area contributed by atoms with Gasteiger partial charge in [0.2, 0.25) is 0 Å². The lowest BCUT2D eigenvalue weighted by Gasteiger charge is -2.19. The van der Waals surface area contributed by atoms with E-state index in [-0.39, 0.29) is 0 Å². The Kier molecular flexibility index (Phi) is 2.82. The molecule has 0 saturated heterocycles. The van der Waals surface area contributed by atoms with Crippen molar-refractivity contribution in [1.29, 1.82) is 0 Å². The maximum atomic E-state index is 5.98. The van der Waals surface area contributed by atoms with Gasteiger partial charge in [-0.2, -0.15) is 0 Å². The molecule has 0 aliphatic carbocycles. The van der Waals surface area contributed by atoms with Crippen molar-refractivity contribution in [2.45, 2.75) is 6.92 Å². The Labute approximate surface area is 77.9 Å². The number of nitrogens with two attached hydrogens (primary N) is 1. The van der Waals surface area contributed by atoms with Gasteiger partial charge in [0.15, 0.2) is 0 Å². The molecule has 1 aromatic rings. The summed E-state index contributed by atoms with van der Waals surface area (Å²) in [6.45, 7) is 2.96. The lowest BCUT2D eigenvalue weighted by Crippen LogP contribution is -2.17. The molecule has 2 N–H and O–H groups in total. The number of anilines is 2. The van der Waals surface area contributed by atoms with Gasteiger partial charge in [0.05, 0.1) is 16.4 Å². The van der Waals surface area contributed by atoms with Gasteiger partial charge in [-0.15, -0.1) is 0 Å². The van der Waals surface area contributed by atoms with Crippen LogP contribution in [0.5, 0.6) is 0 Å². The maximum Gasteiger partial charge on any atom is 0.0786 e. The van der Waals surface area contributed by atoms with Crippen molar-refractivity contribution in [2.75, 3.05) is 24.2 Å². The summed E-state index contributed by atoms with van der Waals surface area (Å²) in [5.74, 6) is 0. The summed E-state index contributed by atoms with van der Waals surface area (Å²) < 4.78 is 0. The van der Waals surface area contributed by atoms with Crippen LogP contribution in [-0.4, -0.2) is 13.6 Å². The Morgan fingerprint density at radius 1 is 1.50 bits per heavy atom. The lowest BCUT2D eigenvalue weighted by atomic mass is 10.2. The van der Waals surface area contributed by atoms with Crippen molar-refractivity contribution in [3.63, 3.8) is 0 Å². The van der Waals surface area contributed by atoms with Gasteiger partial charge in [-0.3, -0.25) is 0 Å². The molecule has 66 valence electrons. The van der Waals surface area contributed by atoms with Crippen LogP contribution in [0.4, 0.5) is 11.4 Å². The topological polar surface area (TPSA) is 29.3 Å². The monoisotopic (exact) mass is 184 g/mol. The smallest absolute Gasteiger partial charge is 0.0786 e. The molecule has 0 fully saturated rings. The highest BCUT2D eigenvalue weighted by Crippen LogP contribution is 2.30. The van der Waals surface area contributed by atoms with Crippen LogP contribution in [0.15, 0.2) is 18.2 Å². The Morgan fingerprint density at radius 2 is 2.17 bits per heavy atom. The highest BCUT2D eigenvalue weighted by atomic mass is 35.5. The van der Waals surface area contributed by atoms with E-state index in [0.717, 1.165) is 17.9 Å². The van der Waals surface area contributed by atoms with Crippen LogP contribution < -0.4 is 10.6 Å². The molecule has 0 radical (unpaired) electrons. The molecule has 0 unspecified atom stereocenters. The van der Waals surface area contributed by atoms with E-state index in [1.165, 1.54) is 0 Å². The SMILES string of the molecule is CCN(C)c1c(N)cccc1Cl. The van der Waals surface area contributed by atoms with E-state index in [2.05, 4.69) is 6.92 Å². The molecule has 0 aliphatic heterocycles. The summed E-state index contributed by atoms with van der Waals surface area (Å²) in [5.41, 5.74) is 7.42. The van der Waals surface area contributed by atoms with Gasteiger partial charge in [-0.1, -0.05) is 17.7 Å². The fraction of sp³-hybridized carbons (Fsp3) is 0.333. The molecule has 0 amide bonds. The minimum absolute atomic E-state index is 0.708. The van der Waals surface area contributed by atoms with E-state index in [4.69, 9.17) is 17.3 Å². The molecule has 0 bridgehead atoms. The average Bonchev–Trinajstić information content (AvgIpc) is 2.03. The van der Waals surface area contributed by atoms with Crippen LogP contribution in [0.25, 0.3) is 0 Å². The molecule has 12 heavy (non-hydrogen) atoms. The van der Waals surface area contributed by atoms with Gasteiger partial charge < -0.3 is 10.6 Å². The van der Waals surface area contributed by atoms with Gasteiger partial charge in [0.25, 0.3) is 0 Å². The second-order valence-corrected chi connectivity index (χ2v) is 3.10. The van der Waals surface area contributed by atoms with E-state index in [9.17, 15) is 0 Å². The zero-order chi connectivity index (χ0) is 9.14. The number of rotatable bonds is 2. The first kappa shape index (κ1) is 9.20. The Morgan fingerprint density at radius 3 is 2.67 bits per heavy atom. The summed E-state index contributed by atoms with van der Waals surface area (Å²) in [5, 5.41) is 0.708. The first-order valence-electron chi connectivity index (χ1n) is 3.92. The number of hydrogen-bond acceptors (Lipinski definition) is 2. The number of para-hydroxylation sites is 1. The summed E-state index contributed by atoms with van der Waals surface area (Å²) in [7, 11) is 1.97. The largest absolute Gasteiger partial charge is 0.397 e. The normalized spacial score (nSPS) is 9.92. The first-order valence-corrected chi connectivity index (χ1v) is 4.29. The van der Waals surface area contributed by atoms with Crippen LogP contribution in [0, 0.1) is 0 Å². The minimum atomic E-state index is 0.708. The van der Waals surface area contributed by atoms with Crippen LogP contribution in [-0.2, 0) is 0 Å². The highest BCUT2D eigenvalue weighted by Gasteiger charge is 2.06. The maximum absolute atomic E-state index is 5.98. The molecule has 3 heteroatoms. The third-order valence-electron chi connectivity index (χ3n) is 1.87. The Bertz CT molecular complexity index is 253. The van der Waals surface area contributed by atoms with Gasteiger partial charge in [0, 0.05) is 13.6 Å². The van der Waals surface area contributed by atoms with Crippen molar-refractivity contribution < 1.29 is 0 Å². The number of benzene rings is 1. The van der Waals surface area contributed by atoms with E-state index in [1.54, 1.807) is 0 Å². The molecular weight excluding hydrogens is 172 g/mol. The van der Waals surface area contributed by atoms with Crippen molar-refractivity contribution in [3.05, 3.63) is 23.2 Å². The van der Waals surface area contributed by atoms with Gasteiger partial charge in [-0.25, -0.2) is 0 Å². The lowest BCUT2D eigenvalue weighted by molar-refractivity contribution is 0.970. The van der Waals surface area contributed by atoms with Crippen molar-refractivity contribution >= 4 is 23.0 Å². The zero-order valence-corrected chi connectivity index (χ0v) is 8.10. The zero-order valence-electron chi connectivity index (χ0n) is 7.34. The van der Waals surface area contributed by atoms with Crippen molar-refractivity contribution in [2.24, 2.45) is 0 Å². The predicted octanol–water partition coefficient (Wildman–Crippen LogP) is 2.38. The third-order valence-corrected chi connectivity index (χ3v) is 2.18. The molecule has 0 heterocycles. The molecule has 1 aromatic carbocycles. The van der Waals surface area contributed by atoms with Crippen molar-refractivity contribution in [3.8, 4) is 0 Å². The summed E-state index contributed by atoms with van der Waals surface area (Å²) in [6, 6.07) is 5.55. The van der Waals surface area contributed by atoms with E-state index < -0.39 is 0 Å². The van der Waals surface area contributed by atoms with Crippen LogP contribution in [0.2, 0.25) is 5.02 Å². The first-order chi connectivity index (χ1) is 5.66. The predicted molar refractivity (Wildman–Crippen MR) is 54.8 cm³/mol. The van der Waals surface area contributed by atoms with Crippen LogP contribution >= 0.6 is 11.6 Å². The molecule has 0 aromatic heterocycles. The number of nitrogen functional groups attached to an aromatic ring is 1. The molecular formula is C9H13ClN2. The van der Waals surface area contributed by atoms with E-state index in [0.29, 0.717) is 5.02 Å². The molecule has 1 rings (SSSR count). The second kappa shape index (κ2) is 3.68. The van der Waals surface area contributed by atoms with Gasteiger partial charge in [0.1, 0.15) is 0 Å². The van der Waals surface area contributed by atoms with Crippen LogP contribution in [0.1, 0.15) is 6.92 Å². The number of hydrogen-bond donors (Lipinski definition) is 1. The highest BCUT2D eigenvalue weighted by molar-refractivity contribution is 6.33. The Balaban J connectivity index is 3.12. The standard InChI is InChI=1S/C9H13ClN2/c1-3-12(2)9-7(10)5-4-6-8(9)11/h4-6H,3,11H2,1-2H3. The molecule has 0 atom stereocenters. The summed E-state index contributed by atoms with van der Waals surface area (Å²) >= 11 is 5.98. The number of halogens is 1. The molecule has 2 nitrogen and oxygen atoms in total. The molecule has 0 aliphatic rings. The quantitative estimate of drug-likeness (QED) is 0.716. The summed E-state index contributed by atoms with van der Waals surface area (Å²) in [6.07, 6.45) is 0. The van der Waals surface area contributed by atoms with E-state index >= 15 is 0 Å². The fourth-order valence-electron chi connectivity index (χ4n) is 1.09. The fourth-order valence-corrected chi connectivity index (χ4v) is 1.42. The summed E-state index contributed by atoms with van der Waals surface area (Å²) in [4.78, 5) is 2.03. The minimum Gasteiger partial charge on any atom is -0.397 e. The number of nitrogens with zero attached hydrogens (tertiary/aromatic N) is 1. The van der Waals surface area contributed by atoms with Gasteiger partial charge in [-0.05, 0) is 19.1 Å². The van der Waals surface area contributed by atoms with Crippen LogP contribution in [0.3, 0.4) is 0 Å². The molecule has 0 spiro atoms. The second-order valence-electron chi connectivity index (χ2n) is 2.69. The molecule has 0 saturated carbocycles. The van der Waals surface area contributed by atoms with Gasteiger partial charge >= 0.3 is 0 Å². The van der Waals surface area contributed by atoms with E-state index in [1.807, 2.05) is 30.1 Å².